The maximum Gasteiger partial charge on any atom is 0.293 e. The molecule has 4 heteroatoms. The van der Waals surface area contributed by atoms with Crippen molar-refractivity contribution in [2.75, 3.05) is 0 Å². The highest BCUT2D eigenvalue weighted by Gasteiger charge is 2.63. The van der Waals surface area contributed by atoms with Crippen molar-refractivity contribution in [3.05, 3.63) is 0 Å². The van der Waals surface area contributed by atoms with Gasteiger partial charge in [-0.2, -0.15) is 0 Å². The predicted molar refractivity (Wildman–Crippen MR) is 67.7 cm³/mol. The van der Waals surface area contributed by atoms with Crippen LogP contribution in [0, 0.1) is 0 Å². The van der Waals surface area contributed by atoms with Crippen LogP contribution in [-0.2, 0) is 19.0 Å². The largest absolute Gasteiger partial charge is 0.464 e. The third-order valence-corrected chi connectivity index (χ3v) is 5.72. The molecule has 0 aromatic rings. The van der Waals surface area contributed by atoms with E-state index in [-0.39, 0.29) is 17.3 Å². The Morgan fingerprint density at radius 1 is 1.05 bits per heavy atom. The number of hydrogen-bond donors (Lipinski definition) is 0. The van der Waals surface area contributed by atoms with Crippen molar-refractivity contribution in [1.29, 1.82) is 0 Å². The fourth-order valence-corrected chi connectivity index (χ4v) is 4.35. The summed E-state index contributed by atoms with van der Waals surface area (Å²) < 4.78 is 17.0. The maximum absolute atomic E-state index is 10.4. The van der Waals surface area contributed by atoms with Crippen molar-refractivity contribution >= 4 is 6.47 Å². The Kier molecular flexibility index (Phi) is 2.68. The molecule has 19 heavy (non-hydrogen) atoms. The van der Waals surface area contributed by atoms with Gasteiger partial charge in [0.2, 0.25) is 0 Å². The van der Waals surface area contributed by atoms with Gasteiger partial charge in [0.05, 0.1) is 23.4 Å². The van der Waals surface area contributed by atoms with Gasteiger partial charge in [-0.3, -0.25) is 4.79 Å². The first-order chi connectivity index (χ1) is 9.26. The second-order valence-electron chi connectivity index (χ2n) is 6.72. The minimum absolute atomic E-state index is 0.0795. The number of carbonyl (C=O) groups is 1. The van der Waals surface area contributed by atoms with Crippen LogP contribution in [0.5, 0.6) is 0 Å². The fraction of sp³-hybridized carbons (Fsp3) is 0.933. The third-order valence-electron chi connectivity index (χ3n) is 5.72. The van der Waals surface area contributed by atoms with Gasteiger partial charge >= 0.3 is 0 Å². The summed E-state index contributed by atoms with van der Waals surface area (Å²) in [4.78, 5) is 10.4. The normalized spacial score (nSPS) is 50.8. The summed E-state index contributed by atoms with van der Waals surface area (Å²) >= 11 is 0. The molecule has 0 N–H and O–H groups in total. The standard InChI is InChI=1S/C15H22O4/c16-10-17-11-4-6-15(13(9-11)19-15)8-7-14-5-2-1-3-12(14)18-14/h10-13H,1-9H2. The zero-order chi connectivity index (χ0) is 12.9. The molecule has 4 nitrogen and oxygen atoms in total. The van der Waals surface area contributed by atoms with Gasteiger partial charge in [-0.05, 0) is 38.5 Å². The van der Waals surface area contributed by atoms with Gasteiger partial charge in [0.25, 0.3) is 6.47 Å². The van der Waals surface area contributed by atoms with Gasteiger partial charge in [0, 0.05) is 6.42 Å². The zero-order valence-corrected chi connectivity index (χ0v) is 11.3. The molecule has 106 valence electrons. The summed E-state index contributed by atoms with van der Waals surface area (Å²) in [5.41, 5.74) is 0.324. The average molecular weight is 266 g/mol. The molecule has 0 aromatic carbocycles. The number of carbonyl (C=O) groups excluding carboxylic acids is 1. The second kappa shape index (κ2) is 4.19. The number of rotatable bonds is 5. The van der Waals surface area contributed by atoms with Gasteiger partial charge in [0.1, 0.15) is 6.10 Å². The molecule has 2 saturated heterocycles. The first-order valence-corrected chi connectivity index (χ1v) is 7.71. The third kappa shape index (κ3) is 2.00. The van der Waals surface area contributed by atoms with Crippen molar-refractivity contribution in [2.45, 2.75) is 87.3 Å². The van der Waals surface area contributed by atoms with Gasteiger partial charge < -0.3 is 14.2 Å². The van der Waals surface area contributed by atoms with Crippen LogP contribution in [0.4, 0.5) is 0 Å². The summed E-state index contributed by atoms with van der Waals surface area (Å²) in [7, 11) is 0. The van der Waals surface area contributed by atoms with E-state index in [1.54, 1.807) is 0 Å². The van der Waals surface area contributed by atoms with Crippen LogP contribution in [0.1, 0.15) is 57.8 Å². The molecule has 4 aliphatic rings. The number of hydrogen-bond acceptors (Lipinski definition) is 4. The van der Waals surface area contributed by atoms with E-state index >= 15 is 0 Å². The topological polar surface area (TPSA) is 51.4 Å². The molecule has 5 atom stereocenters. The Morgan fingerprint density at radius 3 is 2.58 bits per heavy atom. The fourth-order valence-electron chi connectivity index (χ4n) is 4.35. The highest BCUT2D eigenvalue weighted by Crippen LogP contribution is 2.56. The molecule has 2 heterocycles. The van der Waals surface area contributed by atoms with Crippen molar-refractivity contribution < 1.29 is 19.0 Å². The van der Waals surface area contributed by atoms with E-state index in [0.29, 0.717) is 18.7 Å². The monoisotopic (exact) mass is 266 g/mol. The molecule has 0 aromatic heterocycles. The Bertz CT molecular complexity index is 384. The summed E-state index contributed by atoms with van der Waals surface area (Å²) in [6.07, 6.45) is 11.3. The lowest BCUT2D eigenvalue weighted by molar-refractivity contribution is -0.134. The van der Waals surface area contributed by atoms with Crippen LogP contribution in [-0.4, -0.2) is 36.0 Å². The van der Waals surface area contributed by atoms with E-state index in [1.165, 1.54) is 25.7 Å². The van der Waals surface area contributed by atoms with Gasteiger partial charge in [-0.1, -0.05) is 12.8 Å². The minimum atomic E-state index is 0.0795. The van der Waals surface area contributed by atoms with Crippen LogP contribution in [0.2, 0.25) is 0 Å². The van der Waals surface area contributed by atoms with E-state index in [9.17, 15) is 4.79 Å². The zero-order valence-electron chi connectivity index (χ0n) is 11.3. The molecule has 2 aliphatic carbocycles. The number of ether oxygens (including phenoxy) is 3. The van der Waals surface area contributed by atoms with E-state index < -0.39 is 0 Å². The predicted octanol–water partition coefficient (Wildman–Crippen LogP) is 2.34. The lowest BCUT2D eigenvalue weighted by atomic mass is 9.79. The number of epoxide rings is 2. The molecule has 4 fully saturated rings. The molecule has 0 amide bonds. The van der Waals surface area contributed by atoms with Crippen molar-refractivity contribution in [3.8, 4) is 0 Å². The average Bonchev–Trinajstić information content (AvgIpc) is 3.30. The summed E-state index contributed by atoms with van der Waals surface area (Å²) in [6, 6.07) is 0. The van der Waals surface area contributed by atoms with E-state index in [4.69, 9.17) is 14.2 Å². The van der Waals surface area contributed by atoms with Crippen molar-refractivity contribution in [2.24, 2.45) is 0 Å². The molecule has 5 unspecified atom stereocenters. The van der Waals surface area contributed by atoms with E-state index in [2.05, 4.69) is 0 Å². The molecule has 2 saturated carbocycles. The van der Waals surface area contributed by atoms with E-state index in [0.717, 1.165) is 32.1 Å². The van der Waals surface area contributed by atoms with Crippen LogP contribution < -0.4 is 0 Å². The van der Waals surface area contributed by atoms with Gasteiger partial charge in [-0.15, -0.1) is 0 Å². The van der Waals surface area contributed by atoms with Crippen LogP contribution >= 0.6 is 0 Å². The maximum atomic E-state index is 10.4. The molecule has 0 radical (unpaired) electrons. The van der Waals surface area contributed by atoms with Crippen molar-refractivity contribution in [1.82, 2.24) is 0 Å². The van der Waals surface area contributed by atoms with Crippen LogP contribution in [0.15, 0.2) is 0 Å². The first-order valence-electron chi connectivity index (χ1n) is 7.71. The second-order valence-corrected chi connectivity index (χ2v) is 6.72. The SMILES string of the molecule is O=COC1CCC2(CCC34CCCCC3O4)OC2C1. The van der Waals surface area contributed by atoms with Gasteiger partial charge in [0.15, 0.2) is 0 Å². The Hall–Kier alpha value is -0.610. The van der Waals surface area contributed by atoms with Gasteiger partial charge in [-0.25, -0.2) is 0 Å². The highest BCUT2D eigenvalue weighted by molar-refractivity contribution is 5.37. The Balaban J connectivity index is 1.30. The molecule has 0 bridgehead atoms. The highest BCUT2D eigenvalue weighted by atomic mass is 16.6. The lowest BCUT2D eigenvalue weighted by Crippen LogP contribution is -2.30. The Morgan fingerprint density at radius 2 is 1.84 bits per heavy atom. The molecule has 0 spiro atoms. The van der Waals surface area contributed by atoms with Crippen molar-refractivity contribution in [3.63, 3.8) is 0 Å². The summed E-state index contributed by atoms with van der Waals surface area (Å²) in [5, 5.41) is 0. The summed E-state index contributed by atoms with van der Waals surface area (Å²) in [6.45, 7) is 0.573. The summed E-state index contributed by atoms with van der Waals surface area (Å²) in [5.74, 6) is 0. The quantitative estimate of drug-likeness (QED) is 0.566. The minimum Gasteiger partial charge on any atom is -0.464 e. The lowest BCUT2D eigenvalue weighted by Gasteiger charge is -2.25. The van der Waals surface area contributed by atoms with Crippen LogP contribution in [0.25, 0.3) is 0 Å². The molecule has 4 rings (SSSR count). The Labute approximate surface area is 113 Å². The number of fused-ring (bicyclic) bond motifs is 2. The van der Waals surface area contributed by atoms with Crippen LogP contribution in [0.3, 0.4) is 0 Å². The first kappa shape index (κ1) is 12.2. The smallest absolute Gasteiger partial charge is 0.293 e. The molecular formula is C15H22O4. The molecule has 2 aliphatic heterocycles. The van der Waals surface area contributed by atoms with E-state index in [1.807, 2.05) is 0 Å². The molecular weight excluding hydrogens is 244 g/mol.